The molecule has 0 aromatic heterocycles. The van der Waals surface area contributed by atoms with E-state index in [2.05, 4.69) is 4.99 Å². The number of hydrogen-bond acceptors (Lipinski definition) is 6. The Morgan fingerprint density at radius 3 is 2.63 bits per heavy atom. The van der Waals surface area contributed by atoms with E-state index in [1.807, 2.05) is 0 Å². The number of nitrogens with zero attached hydrogens (tertiary/aromatic N) is 1. The molecule has 19 heavy (non-hydrogen) atoms. The highest BCUT2D eigenvalue weighted by molar-refractivity contribution is 5.84. The molecule has 108 valence electrons. The molecule has 1 aliphatic rings. The number of aliphatic carboxylic acids is 1. The molecule has 0 amide bonds. The monoisotopic (exact) mass is 275 g/mol. The molecular weight excluding hydrogens is 258 g/mol. The van der Waals surface area contributed by atoms with Gasteiger partial charge in [-0.15, -0.1) is 0 Å². The highest BCUT2D eigenvalue weighted by Crippen LogP contribution is 2.23. The van der Waals surface area contributed by atoms with E-state index in [9.17, 15) is 15.0 Å². The average molecular weight is 275 g/mol. The van der Waals surface area contributed by atoms with Crippen molar-refractivity contribution in [3.05, 3.63) is 11.8 Å². The molecule has 8 N–H and O–H groups in total. The van der Waals surface area contributed by atoms with E-state index >= 15 is 0 Å². The van der Waals surface area contributed by atoms with Crippen LogP contribution in [0.4, 0.5) is 0 Å². The maximum Gasteiger partial charge on any atom is 0.370 e. The normalized spacial score (nSPS) is 25.7. The van der Waals surface area contributed by atoms with Crippen molar-refractivity contribution in [3.63, 3.8) is 0 Å². The maximum absolute atomic E-state index is 10.9. The summed E-state index contributed by atoms with van der Waals surface area (Å²) < 4.78 is 5.03. The lowest BCUT2D eigenvalue weighted by Gasteiger charge is -2.31. The number of aliphatic hydroxyl groups excluding tert-OH is 3. The van der Waals surface area contributed by atoms with Crippen LogP contribution in [0.3, 0.4) is 0 Å². The van der Waals surface area contributed by atoms with Gasteiger partial charge in [0.2, 0.25) is 5.76 Å². The van der Waals surface area contributed by atoms with Gasteiger partial charge >= 0.3 is 5.97 Å². The number of ether oxygens (including phenoxy) is 1. The van der Waals surface area contributed by atoms with Crippen LogP contribution in [0.25, 0.3) is 0 Å². The minimum absolute atomic E-state index is 0.0763. The van der Waals surface area contributed by atoms with Crippen LogP contribution in [0.15, 0.2) is 16.8 Å². The third-order valence-electron chi connectivity index (χ3n) is 2.58. The van der Waals surface area contributed by atoms with Gasteiger partial charge in [-0.25, -0.2) is 9.79 Å². The van der Waals surface area contributed by atoms with Crippen LogP contribution in [0.1, 0.15) is 6.42 Å². The van der Waals surface area contributed by atoms with Crippen molar-refractivity contribution in [2.75, 3.05) is 6.61 Å². The summed E-state index contributed by atoms with van der Waals surface area (Å²) in [5, 5.41) is 36.7. The fourth-order valence-electron chi connectivity index (χ4n) is 1.70. The Bertz CT molecular complexity index is 393. The van der Waals surface area contributed by atoms with Crippen molar-refractivity contribution < 1.29 is 30.0 Å². The number of nitrogens with two attached hydrogens (primary N) is 2. The molecule has 0 fully saturated rings. The summed E-state index contributed by atoms with van der Waals surface area (Å²) in [4.78, 5) is 14.7. The third-order valence-corrected chi connectivity index (χ3v) is 2.58. The average Bonchev–Trinajstić information content (AvgIpc) is 2.35. The topological polar surface area (TPSA) is 172 Å². The van der Waals surface area contributed by atoms with Crippen LogP contribution < -0.4 is 11.5 Å². The lowest BCUT2D eigenvalue weighted by atomic mass is 9.98. The van der Waals surface area contributed by atoms with Crippen molar-refractivity contribution in [2.45, 2.75) is 30.8 Å². The van der Waals surface area contributed by atoms with E-state index in [0.717, 1.165) is 0 Å². The highest BCUT2D eigenvalue weighted by atomic mass is 16.5. The number of carboxylic acids is 1. The van der Waals surface area contributed by atoms with Gasteiger partial charge in [0.1, 0.15) is 18.3 Å². The fraction of sp³-hybridized carbons (Fsp3) is 0.600. The van der Waals surface area contributed by atoms with Crippen LogP contribution >= 0.6 is 0 Å². The van der Waals surface area contributed by atoms with Gasteiger partial charge < -0.3 is 36.6 Å². The summed E-state index contributed by atoms with van der Waals surface area (Å²) in [5.41, 5.74) is 10.4. The number of carboxylic acid groups (broad SMARTS) is 1. The third kappa shape index (κ3) is 4.09. The number of rotatable bonds is 5. The zero-order valence-corrected chi connectivity index (χ0v) is 10.0. The first-order chi connectivity index (χ1) is 8.85. The second-order valence-corrected chi connectivity index (χ2v) is 4.09. The number of carbonyl (C=O) groups is 1. The van der Waals surface area contributed by atoms with E-state index in [4.69, 9.17) is 26.4 Å². The molecule has 0 radical (unpaired) electrons. The second kappa shape index (κ2) is 6.36. The van der Waals surface area contributed by atoms with Crippen LogP contribution in [0.2, 0.25) is 0 Å². The summed E-state index contributed by atoms with van der Waals surface area (Å²) in [6, 6.07) is -0.685. The highest BCUT2D eigenvalue weighted by Gasteiger charge is 2.35. The fourth-order valence-corrected chi connectivity index (χ4v) is 1.70. The quantitative estimate of drug-likeness (QED) is 0.229. The number of hydrogen-bond donors (Lipinski definition) is 6. The number of aliphatic hydroxyl groups is 3. The molecule has 9 nitrogen and oxygen atoms in total. The van der Waals surface area contributed by atoms with Gasteiger partial charge in [0, 0.05) is 6.42 Å². The van der Waals surface area contributed by atoms with E-state index in [1.54, 1.807) is 0 Å². The predicted octanol–water partition coefficient (Wildman–Crippen LogP) is -2.90. The summed E-state index contributed by atoms with van der Waals surface area (Å²) in [6.07, 6.45) is -2.65. The van der Waals surface area contributed by atoms with Crippen molar-refractivity contribution in [3.8, 4) is 0 Å². The zero-order valence-electron chi connectivity index (χ0n) is 10.0. The van der Waals surface area contributed by atoms with Crippen LogP contribution in [-0.4, -0.2) is 63.3 Å². The van der Waals surface area contributed by atoms with Gasteiger partial charge in [0.05, 0.1) is 12.6 Å². The Kier molecular flexibility index (Phi) is 5.10. The van der Waals surface area contributed by atoms with E-state index in [0.29, 0.717) is 0 Å². The first-order valence-corrected chi connectivity index (χ1v) is 5.52. The minimum atomic E-state index is -1.45. The summed E-state index contributed by atoms with van der Waals surface area (Å²) in [5.74, 6) is -1.99. The Morgan fingerprint density at radius 1 is 1.53 bits per heavy atom. The van der Waals surface area contributed by atoms with Gasteiger partial charge in [-0.2, -0.15) is 0 Å². The van der Waals surface area contributed by atoms with Crippen LogP contribution in [0.5, 0.6) is 0 Å². The summed E-state index contributed by atoms with van der Waals surface area (Å²) in [7, 11) is 0. The lowest BCUT2D eigenvalue weighted by molar-refractivity contribution is -0.143. The Labute approximate surface area is 108 Å². The van der Waals surface area contributed by atoms with E-state index < -0.39 is 42.7 Å². The molecule has 0 aromatic rings. The summed E-state index contributed by atoms with van der Waals surface area (Å²) >= 11 is 0. The van der Waals surface area contributed by atoms with Gasteiger partial charge in [-0.3, -0.25) is 0 Å². The molecule has 0 spiro atoms. The van der Waals surface area contributed by atoms with Crippen molar-refractivity contribution in [1.82, 2.24) is 0 Å². The number of guanidine groups is 1. The Balaban J connectivity index is 2.91. The van der Waals surface area contributed by atoms with Gasteiger partial charge in [-0.05, 0) is 6.08 Å². The Morgan fingerprint density at radius 2 is 2.16 bits per heavy atom. The molecule has 0 saturated carbocycles. The summed E-state index contributed by atoms with van der Waals surface area (Å²) in [6.45, 7) is -0.680. The SMILES string of the molecule is NC(N)=N[C@H]1C=C(C(=O)O)O[C@@H]([C@H](O)[C@H](O)CO)C1. The smallest absolute Gasteiger partial charge is 0.370 e. The first kappa shape index (κ1) is 15.2. The molecule has 1 rings (SSSR count). The maximum atomic E-state index is 10.9. The standard InChI is InChI=1S/C10H17N3O6/c11-10(12)13-4-1-6(8(16)5(15)3-14)19-7(2-4)9(17)18/h2,4-6,8,14-16H,1,3H2,(H,17,18)(H4,11,12,13)/t4-,5-,6-,8-/m1/s1. The predicted molar refractivity (Wildman–Crippen MR) is 63.9 cm³/mol. The van der Waals surface area contributed by atoms with E-state index in [-0.39, 0.29) is 12.4 Å². The van der Waals surface area contributed by atoms with Gasteiger partial charge in [-0.1, -0.05) is 0 Å². The second-order valence-electron chi connectivity index (χ2n) is 4.09. The molecule has 0 aromatic carbocycles. The van der Waals surface area contributed by atoms with Crippen LogP contribution in [-0.2, 0) is 9.53 Å². The first-order valence-electron chi connectivity index (χ1n) is 5.52. The van der Waals surface area contributed by atoms with Crippen molar-refractivity contribution >= 4 is 11.9 Å². The molecule has 4 atom stereocenters. The van der Waals surface area contributed by atoms with Crippen LogP contribution in [0, 0.1) is 0 Å². The molecule has 0 unspecified atom stereocenters. The lowest BCUT2D eigenvalue weighted by Crippen LogP contribution is -2.44. The minimum Gasteiger partial charge on any atom is -0.480 e. The molecule has 1 aliphatic heterocycles. The van der Waals surface area contributed by atoms with Gasteiger partial charge in [0.25, 0.3) is 0 Å². The van der Waals surface area contributed by atoms with Crippen molar-refractivity contribution in [2.24, 2.45) is 16.5 Å². The van der Waals surface area contributed by atoms with E-state index in [1.165, 1.54) is 6.08 Å². The number of aliphatic imine (C=N–C) groups is 1. The molecular formula is C10H17N3O6. The largest absolute Gasteiger partial charge is 0.480 e. The van der Waals surface area contributed by atoms with Crippen molar-refractivity contribution in [1.29, 1.82) is 0 Å². The zero-order chi connectivity index (χ0) is 14.6. The van der Waals surface area contributed by atoms with Gasteiger partial charge in [0.15, 0.2) is 5.96 Å². The molecule has 0 bridgehead atoms. The molecule has 0 aliphatic carbocycles. The molecule has 0 saturated heterocycles. The Hall–Kier alpha value is -1.84. The molecule has 9 heteroatoms. The molecule has 1 heterocycles.